The molecule has 1 aliphatic rings. The second-order valence-electron chi connectivity index (χ2n) is 3.92. The van der Waals surface area contributed by atoms with Crippen molar-refractivity contribution in [2.75, 3.05) is 18.0 Å². The van der Waals surface area contributed by atoms with Gasteiger partial charge in [-0.1, -0.05) is 11.3 Å². The smallest absolute Gasteiger partial charge is 0.145 e. The zero-order chi connectivity index (χ0) is 10.3. The van der Waals surface area contributed by atoms with Gasteiger partial charge in [-0.3, -0.25) is 0 Å². The Bertz CT molecular complexity index is 486. The molecular weight excluding hydrogens is 206 g/mol. The van der Waals surface area contributed by atoms with Crippen LogP contribution in [0.5, 0.6) is 0 Å². The number of hydrogen-bond donors (Lipinski definition) is 0. The highest BCUT2D eigenvalue weighted by atomic mass is 32.1. The van der Waals surface area contributed by atoms with Crippen LogP contribution < -0.4 is 4.90 Å². The summed E-state index contributed by atoms with van der Waals surface area (Å²) in [5.41, 5.74) is 1.03. The first-order chi connectivity index (χ1) is 7.33. The van der Waals surface area contributed by atoms with Crippen LogP contribution in [-0.4, -0.2) is 23.1 Å². The second-order valence-corrected chi connectivity index (χ2v) is 5.10. The lowest BCUT2D eigenvalue weighted by Gasteiger charge is -2.15. The third-order valence-corrected chi connectivity index (χ3v) is 3.66. The minimum absolute atomic E-state index is 1.03. The first-order valence-corrected chi connectivity index (χ1v) is 6.14. The number of aromatic nitrogens is 2. The predicted octanol–water partition coefficient (Wildman–Crippen LogP) is 2.60. The lowest BCUT2D eigenvalue weighted by atomic mass is 10.4. The van der Waals surface area contributed by atoms with Crippen LogP contribution in [-0.2, 0) is 0 Å². The zero-order valence-electron chi connectivity index (χ0n) is 8.73. The van der Waals surface area contributed by atoms with E-state index in [0.29, 0.717) is 0 Å². The number of hydrogen-bond acceptors (Lipinski definition) is 4. The van der Waals surface area contributed by atoms with Crippen LogP contribution in [0.15, 0.2) is 12.1 Å². The molecule has 0 amide bonds. The van der Waals surface area contributed by atoms with E-state index in [0.717, 1.165) is 34.3 Å². The molecule has 0 radical (unpaired) electrons. The molecule has 15 heavy (non-hydrogen) atoms. The Hall–Kier alpha value is -1.16. The average molecular weight is 219 g/mol. The fourth-order valence-corrected chi connectivity index (χ4v) is 2.82. The summed E-state index contributed by atoms with van der Waals surface area (Å²) in [6, 6.07) is 4.17. The minimum Gasteiger partial charge on any atom is -0.357 e. The van der Waals surface area contributed by atoms with E-state index in [9.17, 15) is 0 Å². The average Bonchev–Trinajstić information content (AvgIpc) is 2.82. The van der Waals surface area contributed by atoms with Gasteiger partial charge in [-0.15, -0.1) is 0 Å². The number of aryl methyl sites for hydroxylation is 1. The van der Waals surface area contributed by atoms with Crippen molar-refractivity contribution < 1.29 is 0 Å². The number of rotatable bonds is 1. The summed E-state index contributed by atoms with van der Waals surface area (Å²) >= 11 is 1.68. The van der Waals surface area contributed by atoms with Crippen molar-refractivity contribution in [2.24, 2.45) is 0 Å². The monoisotopic (exact) mass is 219 g/mol. The maximum atomic E-state index is 4.66. The molecule has 3 nitrogen and oxygen atoms in total. The Kier molecular flexibility index (Phi) is 2.09. The molecule has 1 aliphatic heterocycles. The van der Waals surface area contributed by atoms with E-state index in [4.69, 9.17) is 0 Å². The molecule has 0 N–H and O–H groups in total. The number of fused-ring (bicyclic) bond motifs is 1. The van der Waals surface area contributed by atoms with Crippen LogP contribution >= 0.6 is 11.3 Å². The minimum atomic E-state index is 1.03. The van der Waals surface area contributed by atoms with E-state index in [2.05, 4.69) is 27.0 Å². The lowest BCUT2D eigenvalue weighted by molar-refractivity contribution is 0.945. The topological polar surface area (TPSA) is 29.0 Å². The highest BCUT2D eigenvalue weighted by molar-refractivity contribution is 7.18. The van der Waals surface area contributed by atoms with Gasteiger partial charge in [-0.05, 0) is 31.9 Å². The summed E-state index contributed by atoms with van der Waals surface area (Å²) in [6.07, 6.45) is 2.59. The summed E-state index contributed by atoms with van der Waals surface area (Å²) in [7, 11) is 0. The largest absolute Gasteiger partial charge is 0.357 e. The number of pyridine rings is 1. The molecule has 1 saturated heterocycles. The van der Waals surface area contributed by atoms with Gasteiger partial charge in [0.15, 0.2) is 0 Å². The first kappa shape index (κ1) is 9.09. The SMILES string of the molecule is Cc1nc2ccc(N3CCCC3)nc2s1. The van der Waals surface area contributed by atoms with Crippen molar-refractivity contribution in [2.45, 2.75) is 19.8 Å². The van der Waals surface area contributed by atoms with Crippen molar-refractivity contribution in [3.8, 4) is 0 Å². The number of thiazole rings is 1. The lowest BCUT2D eigenvalue weighted by Crippen LogP contribution is -2.18. The summed E-state index contributed by atoms with van der Waals surface area (Å²) < 4.78 is 0. The van der Waals surface area contributed by atoms with Gasteiger partial charge < -0.3 is 4.90 Å². The molecule has 0 atom stereocenters. The normalized spacial score (nSPS) is 16.5. The van der Waals surface area contributed by atoms with Crippen LogP contribution in [0.3, 0.4) is 0 Å². The summed E-state index contributed by atoms with van der Waals surface area (Å²) in [4.78, 5) is 12.5. The van der Waals surface area contributed by atoms with Crippen LogP contribution in [0, 0.1) is 6.92 Å². The molecule has 0 bridgehead atoms. The van der Waals surface area contributed by atoms with Gasteiger partial charge >= 0.3 is 0 Å². The number of nitrogens with zero attached hydrogens (tertiary/aromatic N) is 3. The van der Waals surface area contributed by atoms with Crippen LogP contribution in [0.2, 0.25) is 0 Å². The molecule has 0 saturated carbocycles. The van der Waals surface area contributed by atoms with Crippen LogP contribution in [0.25, 0.3) is 10.3 Å². The Balaban J connectivity index is 2.04. The third kappa shape index (κ3) is 1.59. The predicted molar refractivity (Wildman–Crippen MR) is 63.6 cm³/mol. The van der Waals surface area contributed by atoms with E-state index in [1.165, 1.54) is 12.8 Å². The summed E-state index contributed by atoms with van der Waals surface area (Å²) in [5.74, 6) is 1.11. The first-order valence-electron chi connectivity index (χ1n) is 5.32. The van der Waals surface area contributed by atoms with Gasteiger partial charge in [0.2, 0.25) is 0 Å². The Labute approximate surface area is 92.8 Å². The Morgan fingerprint density at radius 1 is 1.20 bits per heavy atom. The quantitative estimate of drug-likeness (QED) is 0.738. The third-order valence-electron chi connectivity index (χ3n) is 2.78. The standard InChI is InChI=1S/C11H13N3S/c1-8-12-9-4-5-10(13-11(9)15-8)14-6-2-3-7-14/h4-5H,2-3,6-7H2,1H3. The molecular formula is C11H13N3S. The molecule has 0 aromatic carbocycles. The molecule has 2 aromatic rings. The van der Waals surface area contributed by atoms with Crippen molar-refractivity contribution in [3.63, 3.8) is 0 Å². The molecule has 0 spiro atoms. The van der Waals surface area contributed by atoms with Gasteiger partial charge in [0, 0.05) is 13.1 Å². The molecule has 3 heterocycles. The molecule has 3 rings (SSSR count). The molecule has 0 aliphatic carbocycles. The second kappa shape index (κ2) is 3.45. The summed E-state index contributed by atoms with van der Waals surface area (Å²) in [6.45, 7) is 4.33. The van der Waals surface area contributed by atoms with Gasteiger partial charge in [-0.2, -0.15) is 0 Å². The fourth-order valence-electron chi connectivity index (χ4n) is 2.04. The number of anilines is 1. The van der Waals surface area contributed by atoms with E-state index >= 15 is 0 Å². The van der Waals surface area contributed by atoms with Crippen molar-refractivity contribution in [1.82, 2.24) is 9.97 Å². The highest BCUT2D eigenvalue weighted by Crippen LogP contribution is 2.24. The van der Waals surface area contributed by atoms with Gasteiger partial charge in [0.1, 0.15) is 16.2 Å². The Morgan fingerprint density at radius 3 is 2.80 bits per heavy atom. The molecule has 0 unspecified atom stereocenters. The van der Waals surface area contributed by atoms with Gasteiger partial charge in [0.25, 0.3) is 0 Å². The van der Waals surface area contributed by atoms with E-state index in [1.54, 1.807) is 11.3 Å². The maximum Gasteiger partial charge on any atom is 0.145 e. The van der Waals surface area contributed by atoms with Gasteiger partial charge in [-0.25, -0.2) is 9.97 Å². The molecule has 78 valence electrons. The molecule has 2 aromatic heterocycles. The fraction of sp³-hybridized carbons (Fsp3) is 0.455. The van der Waals surface area contributed by atoms with Crippen molar-refractivity contribution in [3.05, 3.63) is 17.1 Å². The van der Waals surface area contributed by atoms with Crippen molar-refractivity contribution in [1.29, 1.82) is 0 Å². The zero-order valence-corrected chi connectivity index (χ0v) is 9.55. The van der Waals surface area contributed by atoms with Crippen molar-refractivity contribution >= 4 is 27.5 Å². The van der Waals surface area contributed by atoms with E-state index < -0.39 is 0 Å². The Morgan fingerprint density at radius 2 is 2.00 bits per heavy atom. The van der Waals surface area contributed by atoms with Gasteiger partial charge in [0.05, 0.1) is 5.01 Å². The van der Waals surface area contributed by atoms with E-state index in [1.807, 2.05) is 6.92 Å². The molecule has 1 fully saturated rings. The maximum absolute atomic E-state index is 4.66. The van der Waals surface area contributed by atoms with E-state index in [-0.39, 0.29) is 0 Å². The van der Waals surface area contributed by atoms with Crippen LogP contribution in [0.4, 0.5) is 5.82 Å². The summed E-state index contributed by atoms with van der Waals surface area (Å²) in [5, 5.41) is 1.09. The van der Waals surface area contributed by atoms with Crippen LogP contribution in [0.1, 0.15) is 17.8 Å². The highest BCUT2D eigenvalue weighted by Gasteiger charge is 2.14. The molecule has 4 heteroatoms.